The summed E-state index contributed by atoms with van der Waals surface area (Å²) in [6.07, 6.45) is 5.04. The summed E-state index contributed by atoms with van der Waals surface area (Å²) in [6.45, 7) is 4.86. The van der Waals surface area contributed by atoms with Crippen LogP contribution in [-0.2, 0) is 4.79 Å². The molecule has 9 heteroatoms. The van der Waals surface area contributed by atoms with Crippen molar-refractivity contribution in [2.24, 2.45) is 0 Å². The molecule has 0 N–H and O–H groups in total. The Balaban J connectivity index is 1.22. The predicted molar refractivity (Wildman–Crippen MR) is 114 cm³/mol. The highest BCUT2D eigenvalue weighted by Crippen LogP contribution is 2.23. The van der Waals surface area contributed by atoms with Gasteiger partial charge in [-0.05, 0) is 31.5 Å². The van der Waals surface area contributed by atoms with Gasteiger partial charge in [-0.2, -0.15) is 4.98 Å². The number of benzene rings is 1. The van der Waals surface area contributed by atoms with Gasteiger partial charge in [0.25, 0.3) is 11.8 Å². The largest absolute Gasteiger partial charge is 0.483 e. The van der Waals surface area contributed by atoms with E-state index >= 15 is 0 Å². The molecule has 1 fully saturated rings. The van der Waals surface area contributed by atoms with Crippen molar-refractivity contribution < 1.29 is 19.1 Å². The minimum absolute atomic E-state index is 0.0993. The second-order valence-corrected chi connectivity index (χ2v) is 7.59. The quantitative estimate of drug-likeness (QED) is 0.487. The Morgan fingerprint density at radius 2 is 1.81 bits per heavy atom. The number of amides is 2. The Hall–Kier alpha value is -3.20. The van der Waals surface area contributed by atoms with Crippen LogP contribution in [0.4, 0.5) is 5.82 Å². The van der Waals surface area contributed by atoms with Gasteiger partial charge in [-0.1, -0.05) is 12.1 Å². The van der Waals surface area contributed by atoms with E-state index in [0.717, 1.165) is 51.4 Å². The summed E-state index contributed by atoms with van der Waals surface area (Å²) in [6, 6.07) is 7.01. The van der Waals surface area contributed by atoms with E-state index in [0.29, 0.717) is 23.7 Å². The molecule has 164 valence electrons. The average Bonchev–Trinajstić information content (AvgIpc) is 2.94. The van der Waals surface area contributed by atoms with Crippen LogP contribution in [0, 0.1) is 0 Å². The van der Waals surface area contributed by atoms with Gasteiger partial charge in [-0.3, -0.25) is 24.4 Å². The first kappa shape index (κ1) is 21.0. The van der Waals surface area contributed by atoms with Gasteiger partial charge in [-0.25, -0.2) is 0 Å². The van der Waals surface area contributed by atoms with Gasteiger partial charge in [0.2, 0.25) is 5.88 Å². The highest BCUT2D eigenvalue weighted by Gasteiger charge is 2.29. The Bertz CT molecular complexity index is 930. The number of piperazine rings is 1. The number of carbonyl (C=O) groups excluding carboxylic acids is 2. The summed E-state index contributed by atoms with van der Waals surface area (Å²) in [5.74, 6) is 1.27. The molecule has 0 aliphatic carbocycles. The highest BCUT2D eigenvalue weighted by molar-refractivity contribution is 6.07. The third-order valence-corrected chi connectivity index (χ3v) is 5.63. The van der Waals surface area contributed by atoms with Crippen molar-refractivity contribution in [2.45, 2.75) is 12.8 Å². The van der Waals surface area contributed by atoms with Gasteiger partial charge < -0.3 is 14.4 Å². The summed E-state index contributed by atoms with van der Waals surface area (Å²) < 4.78 is 10.6. The summed E-state index contributed by atoms with van der Waals surface area (Å²) in [5.41, 5.74) is 0.449. The molecule has 2 aliphatic heterocycles. The van der Waals surface area contributed by atoms with Gasteiger partial charge in [-0.15, -0.1) is 0 Å². The second-order valence-electron chi connectivity index (χ2n) is 7.59. The molecule has 0 saturated carbocycles. The maximum Gasteiger partial charge on any atom is 0.267 e. The molecule has 0 spiro atoms. The zero-order chi connectivity index (χ0) is 21.6. The number of anilines is 1. The number of unbranched alkanes of at least 4 members (excludes halogenated alkanes) is 1. The van der Waals surface area contributed by atoms with Gasteiger partial charge >= 0.3 is 0 Å². The fourth-order valence-corrected chi connectivity index (χ4v) is 3.87. The minimum Gasteiger partial charge on any atom is -0.483 e. The number of fused-ring (bicyclic) bond motifs is 1. The summed E-state index contributed by atoms with van der Waals surface area (Å²) in [5, 5.41) is 0. The number of hydrogen-bond acceptors (Lipinski definition) is 8. The van der Waals surface area contributed by atoms with E-state index in [4.69, 9.17) is 9.47 Å². The van der Waals surface area contributed by atoms with Gasteiger partial charge in [0.05, 0.1) is 25.1 Å². The van der Waals surface area contributed by atoms with E-state index in [9.17, 15) is 9.59 Å². The fraction of sp³-hybridized carbons (Fsp3) is 0.455. The molecule has 0 radical (unpaired) electrons. The SMILES string of the molecule is COc1cncc(N2CCN(CCCCN3C(=O)COc4ccccc4C3=O)CC2)n1. The maximum absolute atomic E-state index is 12.7. The number of rotatable bonds is 7. The molecule has 1 aromatic heterocycles. The van der Waals surface area contributed by atoms with Crippen molar-refractivity contribution in [1.29, 1.82) is 0 Å². The number of hydrogen-bond donors (Lipinski definition) is 0. The standard InChI is InChI=1S/C22H27N5O4/c1-30-20-15-23-14-19(24-20)26-12-10-25(11-13-26)8-4-5-9-27-21(28)16-31-18-7-3-2-6-17(18)22(27)29/h2-3,6-7,14-15H,4-5,8-13,16H2,1H3. The molecule has 4 rings (SSSR count). The normalized spacial score (nSPS) is 17.2. The lowest BCUT2D eigenvalue weighted by molar-refractivity contribution is -0.130. The third kappa shape index (κ3) is 4.93. The molecule has 0 unspecified atom stereocenters. The lowest BCUT2D eigenvalue weighted by atomic mass is 10.1. The zero-order valence-corrected chi connectivity index (χ0v) is 17.7. The Morgan fingerprint density at radius 1 is 1.03 bits per heavy atom. The summed E-state index contributed by atoms with van der Waals surface area (Å²) >= 11 is 0. The first-order valence-electron chi connectivity index (χ1n) is 10.6. The van der Waals surface area contributed by atoms with E-state index < -0.39 is 0 Å². The first-order valence-corrected chi connectivity index (χ1v) is 10.6. The molecule has 3 heterocycles. The number of carbonyl (C=O) groups is 2. The van der Waals surface area contributed by atoms with Crippen molar-refractivity contribution in [1.82, 2.24) is 19.8 Å². The molecular weight excluding hydrogens is 398 g/mol. The molecule has 0 bridgehead atoms. The lowest BCUT2D eigenvalue weighted by Gasteiger charge is -2.35. The molecule has 31 heavy (non-hydrogen) atoms. The number of aromatic nitrogens is 2. The van der Waals surface area contributed by atoms with E-state index in [1.165, 1.54) is 4.90 Å². The van der Waals surface area contributed by atoms with Crippen LogP contribution in [-0.4, -0.2) is 84.6 Å². The highest BCUT2D eigenvalue weighted by atomic mass is 16.5. The van der Waals surface area contributed by atoms with Crippen LogP contribution in [0.5, 0.6) is 11.6 Å². The lowest BCUT2D eigenvalue weighted by Crippen LogP contribution is -2.47. The number of methoxy groups -OCH3 is 1. The van der Waals surface area contributed by atoms with E-state index in [1.54, 1.807) is 43.8 Å². The predicted octanol–water partition coefficient (Wildman–Crippen LogP) is 1.45. The number of ether oxygens (including phenoxy) is 2. The molecule has 9 nitrogen and oxygen atoms in total. The number of para-hydroxylation sites is 1. The van der Waals surface area contributed by atoms with Crippen molar-refractivity contribution in [3.05, 3.63) is 42.2 Å². The Labute approximate surface area is 181 Å². The van der Waals surface area contributed by atoms with Crippen LogP contribution in [0.25, 0.3) is 0 Å². The van der Waals surface area contributed by atoms with Crippen molar-refractivity contribution in [3.8, 4) is 11.6 Å². The molecule has 1 saturated heterocycles. The second kappa shape index (κ2) is 9.74. The van der Waals surface area contributed by atoms with Gasteiger partial charge in [0.1, 0.15) is 5.75 Å². The maximum atomic E-state index is 12.7. The summed E-state index contributed by atoms with van der Waals surface area (Å²) in [4.78, 5) is 39.7. The molecule has 1 aromatic carbocycles. The van der Waals surface area contributed by atoms with Crippen molar-refractivity contribution in [3.63, 3.8) is 0 Å². The van der Waals surface area contributed by atoms with Crippen molar-refractivity contribution in [2.75, 3.05) is 57.9 Å². The molecule has 2 aliphatic rings. The van der Waals surface area contributed by atoms with E-state index in [-0.39, 0.29) is 18.4 Å². The minimum atomic E-state index is -0.283. The van der Waals surface area contributed by atoms with Crippen LogP contribution in [0.15, 0.2) is 36.7 Å². The molecule has 0 atom stereocenters. The molecule has 2 amide bonds. The Kier molecular flexibility index (Phi) is 6.61. The fourth-order valence-electron chi connectivity index (χ4n) is 3.87. The Morgan fingerprint density at radius 3 is 2.61 bits per heavy atom. The summed E-state index contributed by atoms with van der Waals surface area (Å²) in [7, 11) is 1.59. The van der Waals surface area contributed by atoms with Crippen LogP contribution in [0.1, 0.15) is 23.2 Å². The smallest absolute Gasteiger partial charge is 0.267 e. The van der Waals surface area contributed by atoms with Crippen molar-refractivity contribution >= 4 is 17.6 Å². The molecular formula is C22H27N5O4. The van der Waals surface area contributed by atoms with Gasteiger partial charge in [0.15, 0.2) is 12.4 Å². The van der Waals surface area contributed by atoms with Crippen LogP contribution >= 0.6 is 0 Å². The monoisotopic (exact) mass is 425 g/mol. The zero-order valence-electron chi connectivity index (χ0n) is 17.7. The van der Waals surface area contributed by atoms with E-state index in [1.807, 2.05) is 0 Å². The van der Waals surface area contributed by atoms with Gasteiger partial charge in [0, 0.05) is 32.7 Å². The molecule has 2 aromatic rings. The topological polar surface area (TPSA) is 88.1 Å². The van der Waals surface area contributed by atoms with Crippen LogP contribution in [0.3, 0.4) is 0 Å². The number of nitrogens with zero attached hydrogens (tertiary/aromatic N) is 5. The third-order valence-electron chi connectivity index (χ3n) is 5.63. The van der Waals surface area contributed by atoms with E-state index in [2.05, 4.69) is 19.8 Å². The van der Waals surface area contributed by atoms with Crippen LogP contribution in [0.2, 0.25) is 0 Å². The number of imide groups is 1. The first-order chi connectivity index (χ1) is 15.2. The average molecular weight is 425 g/mol. The van der Waals surface area contributed by atoms with Crippen LogP contribution < -0.4 is 14.4 Å².